The molecule has 0 saturated carbocycles. The van der Waals surface area contributed by atoms with E-state index in [4.69, 9.17) is 0 Å². The Kier molecular flexibility index (Phi) is 7.03. The second kappa shape index (κ2) is 9.35. The molecule has 0 aliphatic carbocycles. The van der Waals surface area contributed by atoms with Gasteiger partial charge in [0.25, 0.3) is 5.56 Å². The third-order valence-corrected chi connectivity index (χ3v) is 7.29. The average Bonchev–Trinajstić information content (AvgIpc) is 2.98. The van der Waals surface area contributed by atoms with Gasteiger partial charge in [0.15, 0.2) is 5.16 Å². The Morgan fingerprint density at radius 1 is 1.23 bits per heavy atom. The Hall–Kier alpha value is -2.12. The molecular formula is C23H29N3O2S2. The van der Waals surface area contributed by atoms with Crippen molar-refractivity contribution in [2.24, 2.45) is 5.92 Å². The molecule has 1 amide bonds. The summed E-state index contributed by atoms with van der Waals surface area (Å²) in [6.07, 6.45) is 1.96. The number of thiophene rings is 1. The predicted octanol–water partition coefficient (Wildman–Crippen LogP) is 5.54. The highest BCUT2D eigenvalue weighted by molar-refractivity contribution is 7.99. The Bertz CT molecular complexity index is 1120. The molecule has 1 atom stereocenters. The van der Waals surface area contributed by atoms with Crippen LogP contribution in [0.1, 0.15) is 47.4 Å². The molecule has 3 rings (SSSR count). The van der Waals surface area contributed by atoms with Crippen LogP contribution in [0.25, 0.3) is 10.2 Å². The minimum atomic E-state index is -0.115. The lowest BCUT2D eigenvalue weighted by Crippen LogP contribution is -2.17. The van der Waals surface area contributed by atoms with Crippen LogP contribution in [0.5, 0.6) is 0 Å². The molecule has 0 bridgehead atoms. The van der Waals surface area contributed by atoms with Crippen LogP contribution in [0.15, 0.2) is 22.1 Å². The number of fused-ring (bicyclic) bond motifs is 1. The fourth-order valence-corrected chi connectivity index (χ4v) is 5.42. The van der Waals surface area contributed by atoms with Crippen molar-refractivity contribution >= 4 is 44.9 Å². The van der Waals surface area contributed by atoms with E-state index in [1.807, 2.05) is 20.8 Å². The van der Waals surface area contributed by atoms with Crippen LogP contribution < -0.4 is 10.9 Å². The maximum atomic E-state index is 12.8. The minimum absolute atomic E-state index is 0.113. The standard InChI is InChI=1S/C23H29N3O2S2/c1-7-12(2)10-17-16(6)30-22-19(17)21(28)25-23(26-22)29-11-18(27)24-20-14(4)8-13(3)9-15(20)5/h8-9,12H,7,10-11H2,1-6H3,(H,24,27)(H,25,26,28)/t12-/m1/s1. The van der Waals surface area contributed by atoms with Crippen LogP contribution in [0.2, 0.25) is 0 Å². The van der Waals surface area contributed by atoms with Gasteiger partial charge in [-0.05, 0) is 56.7 Å². The number of H-pyrrole nitrogens is 1. The number of aromatic nitrogens is 2. The van der Waals surface area contributed by atoms with E-state index in [-0.39, 0.29) is 17.2 Å². The number of benzene rings is 1. The summed E-state index contributed by atoms with van der Waals surface area (Å²) in [5.41, 5.74) is 5.11. The van der Waals surface area contributed by atoms with Gasteiger partial charge in [-0.25, -0.2) is 4.98 Å². The number of aromatic amines is 1. The summed E-state index contributed by atoms with van der Waals surface area (Å²) >= 11 is 2.81. The second-order valence-electron chi connectivity index (χ2n) is 8.02. The number of aryl methyl sites for hydroxylation is 4. The van der Waals surface area contributed by atoms with Crippen molar-refractivity contribution in [3.05, 3.63) is 49.6 Å². The SMILES string of the molecule is CC[C@@H](C)Cc1c(C)sc2nc(SCC(=O)Nc3c(C)cc(C)cc3C)[nH]c(=O)c12. The van der Waals surface area contributed by atoms with E-state index in [1.165, 1.54) is 17.3 Å². The Morgan fingerprint density at radius 3 is 2.53 bits per heavy atom. The lowest BCUT2D eigenvalue weighted by Gasteiger charge is -2.12. The number of hydrogen-bond donors (Lipinski definition) is 2. The minimum Gasteiger partial charge on any atom is -0.325 e. The van der Waals surface area contributed by atoms with Crippen LogP contribution in [0, 0.1) is 33.6 Å². The smallest absolute Gasteiger partial charge is 0.260 e. The zero-order valence-electron chi connectivity index (χ0n) is 18.4. The molecule has 0 unspecified atom stereocenters. The van der Waals surface area contributed by atoms with E-state index in [2.05, 4.69) is 48.2 Å². The fraction of sp³-hybridized carbons (Fsp3) is 0.435. The lowest BCUT2D eigenvalue weighted by atomic mass is 9.98. The Morgan fingerprint density at radius 2 is 1.90 bits per heavy atom. The fourth-order valence-electron chi connectivity index (χ4n) is 3.65. The van der Waals surface area contributed by atoms with Crippen LogP contribution >= 0.6 is 23.1 Å². The van der Waals surface area contributed by atoms with Crippen LogP contribution in [-0.2, 0) is 11.2 Å². The van der Waals surface area contributed by atoms with E-state index in [0.717, 1.165) is 44.9 Å². The van der Waals surface area contributed by atoms with Crippen LogP contribution in [0.3, 0.4) is 0 Å². The number of anilines is 1. The molecule has 0 radical (unpaired) electrons. The summed E-state index contributed by atoms with van der Waals surface area (Å²) in [6, 6.07) is 4.11. The van der Waals surface area contributed by atoms with Gasteiger partial charge in [0, 0.05) is 10.6 Å². The predicted molar refractivity (Wildman–Crippen MR) is 128 cm³/mol. The van der Waals surface area contributed by atoms with Crippen molar-refractivity contribution in [1.29, 1.82) is 0 Å². The normalized spacial score (nSPS) is 12.3. The molecule has 0 saturated heterocycles. The van der Waals surface area contributed by atoms with Crippen molar-refractivity contribution in [3.63, 3.8) is 0 Å². The lowest BCUT2D eigenvalue weighted by molar-refractivity contribution is -0.113. The number of carbonyl (C=O) groups is 1. The number of rotatable bonds is 7. The third-order valence-electron chi connectivity index (χ3n) is 5.37. The number of amides is 1. The number of hydrogen-bond acceptors (Lipinski definition) is 5. The number of nitrogens with one attached hydrogen (secondary N) is 2. The zero-order valence-corrected chi connectivity index (χ0v) is 20.1. The quantitative estimate of drug-likeness (QED) is 0.371. The van der Waals surface area contributed by atoms with E-state index in [1.54, 1.807) is 11.3 Å². The molecule has 1 aromatic carbocycles. The van der Waals surface area contributed by atoms with E-state index in [0.29, 0.717) is 16.5 Å². The summed E-state index contributed by atoms with van der Waals surface area (Å²) in [4.78, 5) is 34.6. The van der Waals surface area contributed by atoms with Gasteiger partial charge in [-0.2, -0.15) is 0 Å². The largest absolute Gasteiger partial charge is 0.325 e. The number of thioether (sulfide) groups is 1. The molecule has 2 aromatic heterocycles. The van der Waals surface area contributed by atoms with Gasteiger partial charge in [0.05, 0.1) is 11.1 Å². The molecule has 0 aliphatic heterocycles. The van der Waals surface area contributed by atoms with Gasteiger partial charge >= 0.3 is 0 Å². The molecule has 30 heavy (non-hydrogen) atoms. The van der Waals surface area contributed by atoms with E-state index < -0.39 is 0 Å². The molecule has 0 fully saturated rings. The number of carbonyl (C=O) groups excluding carboxylic acids is 1. The van der Waals surface area contributed by atoms with Gasteiger partial charge in [0.1, 0.15) is 4.83 Å². The Balaban J connectivity index is 1.75. The van der Waals surface area contributed by atoms with Crippen molar-refractivity contribution in [1.82, 2.24) is 9.97 Å². The van der Waals surface area contributed by atoms with Gasteiger partial charge in [0.2, 0.25) is 5.91 Å². The van der Waals surface area contributed by atoms with E-state index in [9.17, 15) is 9.59 Å². The highest BCUT2D eigenvalue weighted by Crippen LogP contribution is 2.30. The first-order chi connectivity index (χ1) is 14.2. The highest BCUT2D eigenvalue weighted by Gasteiger charge is 2.17. The summed E-state index contributed by atoms with van der Waals surface area (Å²) < 4.78 is 0. The number of nitrogens with zero attached hydrogens (tertiary/aromatic N) is 1. The summed E-state index contributed by atoms with van der Waals surface area (Å²) in [6.45, 7) is 12.4. The molecule has 0 aliphatic rings. The third kappa shape index (κ3) is 4.95. The molecular weight excluding hydrogens is 414 g/mol. The topological polar surface area (TPSA) is 74.8 Å². The van der Waals surface area contributed by atoms with Crippen LogP contribution in [0.4, 0.5) is 5.69 Å². The first kappa shape index (κ1) is 22.6. The van der Waals surface area contributed by atoms with Gasteiger partial charge in [-0.1, -0.05) is 49.7 Å². The maximum Gasteiger partial charge on any atom is 0.260 e. The van der Waals surface area contributed by atoms with Crippen molar-refractivity contribution in [2.45, 2.75) is 59.5 Å². The van der Waals surface area contributed by atoms with Gasteiger partial charge in [-0.15, -0.1) is 11.3 Å². The van der Waals surface area contributed by atoms with Crippen molar-refractivity contribution in [3.8, 4) is 0 Å². The molecule has 0 spiro atoms. The van der Waals surface area contributed by atoms with Gasteiger partial charge < -0.3 is 10.3 Å². The maximum absolute atomic E-state index is 12.8. The molecule has 7 heteroatoms. The molecule has 160 valence electrons. The summed E-state index contributed by atoms with van der Waals surface area (Å²) in [5, 5.41) is 4.18. The average molecular weight is 444 g/mol. The zero-order chi connectivity index (χ0) is 22.0. The van der Waals surface area contributed by atoms with Crippen molar-refractivity contribution in [2.75, 3.05) is 11.1 Å². The Labute approximate surface area is 185 Å². The van der Waals surface area contributed by atoms with Crippen LogP contribution in [-0.4, -0.2) is 21.6 Å². The molecule has 2 heterocycles. The first-order valence-electron chi connectivity index (χ1n) is 10.2. The molecule has 3 aromatic rings. The monoisotopic (exact) mass is 443 g/mol. The van der Waals surface area contributed by atoms with Crippen molar-refractivity contribution < 1.29 is 4.79 Å². The summed E-state index contributed by atoms with van der Waals surface area (Å²) in [7, 11) is 0. The van der Waals surface area contributed by atoms with Gasteiger partial charge in [-0.3, -0.25) is 9.59 Å². The molecule has 2 N–H and O–H groups in total. The first-order valence-corrected chi connectivity index (χ1v) is 12.0. The van der Waals surface area contributed by atoms with E-state index >= 15 is 0 Å². The highest BCUT2D eigenvalue weighted by atomic mass is 32.2. The summed E-state index contributed by atoms with van der Waals surface area (Å²) in [5.74, 6) is 0.593. The second-order valence-corrected chi connectivity index (χ2v) is 10.2. The molecule has 5 nitrogen and oxygen atoms in total.